The third kappa shape index (κ3) is 3.75. The van der Waals surface area contributed by atoms with Crippen LogP contribution in [0, 0.1) is 0 Å². The van der Waals surface area contributed by atoms with Crippen LogP contribution >= 0.6 is 0 Å². The van der Waals surface area contributed by atoms with Crippen molar-refractivity contribution in [3.05, 3.63) is 89.0 Å². The maximum atomic E-state index is 13.3. The van der Waals surface area contributed by atoms with Crippen molar-refractivity contribution in [2.45, 2.75) is 6.10 Å². The van der Waals surface area contributed by atoms with Gasteiger partial charge >= 0.3 is 0 Å². The Labute approximate surface area is 173 Å². The molecule has 2 N–H and O–H groups in total. The van der Waals surface area contributed by atoms with Crippen LogP contribution < -0.4 is 14.8 Å². The molecule has 0 saturated heterocycles. The van der Waals surface area contributed by atoms with E-state index in [1.165, 1.54) is 12.1 Å². The van der Waals surface area contributed by atoms with E-state index in [2.05, 4.69) is 5.32 Å². The summed E-state index contributed by atoms with van der Waals surface area (Å²) in [6, 6.07) is 18.9. The molecule has 6 heteroatoms. The molecule has 3 aromatic carbocycles. The molecule has 1 atom stereocenters. The first-order valence-electron chi connectivity index (χ1n) is 9.29. The van der Waals surface area contributed by atoms with Gasteiger partial charge in [0.15, 0.2) is 11.9 Å². The lowest BCUT2D eigenvalue weighted by atomic mass is 9.89. The number of ketones is 1. The molecule has 1 aliphatic heterocycles. The summed E-state index contributed by atoms with van der Waals surface area (Å²) in [4.78, 5) is 23.9. The van der Waals surface area contributed by atoms with E-state index in [1.54, 1.807) is 43.5 Å². The molecule has 1 aliphatic rings. The molecule has 6 nitrogen and oxygen atoms in total. The number of benzene rings is 3. The Kier molecular flexibility index (Phi) is 5.22. The minimum absolute atomic E-state index is 0.00256. The molecule has 0 aromatic heterocycles. The summed E-state index contributed by atoms with van der Waals surface area (Å²) in [5, 5.41) is 12.4. The second-order valence-electron chi connectivity index (χ2n) is 6.76. The van der Waals surface area contributed by atoms with Crippen molar-refractivity contribution in [3.8, 4) is 17.2 Å². The SMILES string of the molecule is COc1ccc(C2Oc3ccc(O)cc3C(=O)C2=Cc2ccc(NC=O)cc2)cc1. The Morgan fingerprint density at radius 1 is 1.03 bits per heavy atom. The first-order chi connectivity index (χ1) is 14.6. The van der Waals surface area contributed by atoms with Gasteiger partial charge in [0.05, 0.1) is 12.7 Å². The number of hydrogen-bond donors (Lipinski definition) is 2. The molecular weight excluding hydrogens is 382 g/mol. The molecule has 0 saturated carbocycles. The van der Waals surface area contributed by atoms with Gasteiger partial charge < -0.3 is 19.9 Å². The van der Waals surface area contributed by atoms with Crippen LogP contribution in [0.5, 0.6) is 17.2 Å². The van der Waals surface area contributed by atoms with Gasteiger partial charge in [-0.15, -0.1) is 0 Å². The predicted octanol–water partition coefficient (Wildman–Crippen LogP) is 4.37. The summed E-state index contributed by atoms with van der Waals surface area (Å²) in [5.41, 5.74) is 2.98. The number of ether oxygens (including phenoxy) is 2. The average Bonchev–Trinajstić information content (AvgIpc) is 2.77. The quantitative estimate of drug-likeness (QED) is 0.490. The van der Waals surface area contributed by atoms with Crippen LogP contribution in [0.15, 0.2) is 72.3 Å². The van der Waals surface area contributed by atoms with Gasteiger partial charge in [-0.2, -0.15) is 0 Å². The van der Waals surface area contributed by atoms with Crippen LogP contribution in [0.3, 0.4) is 0 Å². The third-order valence-electron chi connectivity index (χ3n) is 4.87. The molecule has 0 fully saturated rings. The number of phenolic OH excluding ortho intramolecular Hbond substituents is 1. The van der Waals surface area contributed by atoms with Gasteiger partial charge in [0.1, 0.15) is 17.2 Å². The highest BCUT2D eigenvalue weighted by atomic mass is 16.5. The van der Waals surface area contributed by atoms with Crippen molar-refractivity contribution < 1.29 is 24.2 Å². The second kappa shape index (κ2) is 8.13. The van der Waals surface area contributed by atoms with E-state index in [0.717, 1.165) is 11.1 Å². The zero-order chi connectivity index (χ0) is 21.1. The summed E-state index contributed by atoms with van der Waals surface area (Å²) in [5.74, 6) is 0.900. The normalized spacial score (nSPS) is 16.5. The molecule has 30 heavy (non-hydrogen) atoms. The van der Waals surface area contributed by atoms with Gasteiger partial charge in [-0.1, -0.05) is 24.3 Å². The fraction of sp³-hybridized carbons (Fsp3) is 0.0833. The third-order valence-corrected chi connectivity index (χ3v) is 4.87. The number of rotatable bonds is 5. The number of carbonyl (C=O) groups is 2. The number of carbonyl (C=O) groups excluding carboxylic acids is 2. The molecule has 1 unspecified atom stereocenters. The number of amides is 1. The minimum atomic E-state index is -0.617. The molecule has 3 aromatic rings. The van der Waals surface area contributed by atoms with E-state index in [0.29, 0.717) is 34.7 Å². The largest absolute Gasteiger partial charge is 0.508 e. The number of aromatic hydroxyl groups is 1. The number of phenols is 1. The van der Waals surface area contributed by atoms with Crippen molar-refractivity contribution in [3.63, 3.8) is 0 Å². The molecule has 1 amide bonds. The lowest BCUT2D eigenvalue weighted by Gasteiger charge is -2.28. The molecule has 1 heterocycles. The molecule has 0 aliphatic carbocycles. The zero-order valence-electron chi connectivity index (χ0n) is 16.2. The van der Waals surface area contributed by atoms with E-state index < -0.39 is 6.10 Å². The first-order valence-corrected chi connectivity index (χ1v) is 9.29. The highest BCUT2D eigenvalue weighted by Gasteiger charge is 2.33. The predicted molar refractivity (Wildman–Crippen MR) is 113 cm³/mol. The number of nitrogens with one attached hydrogen (secondary N) is 1. The zero-order valence-corrected chi connectivity index (χ0v) is 16.2. The molecule has 4 rings (SSSR count). The van der Waals surface area contributed by atoms with Crippen molar-refractivity contribution in [1.82, 2.24) is 0 Å². The topological polar surface area (TPSA) is 84.9 Å². The van der Waals surface area contributed by atoms with Gasteiger partial charge in [-0.3, -0.25) is 9.59 Å². The smallest absolute Gasteiger partial charge is 0.211 e. The molecule has 0 radical (unpaired) electrons. The van der Waals surface area contributed by atoms with Gasteiger partial charge in [0, 0.05) is 11.3 Å². The maximum absolute atomic E-state index is 13.3. The number of anilines is 1. The van der Waals surface area contributed by atoms with Gasteiger partial charge in [-0.25, -0.2) is 0 Å². The van der Waals surface area contributed by atoms with Crippen molar-refractivity contribution >= 4 is 24.0 Å². The summed E-state index contributed by atoms with van der Waals surface area (Å²) in [6.07, 6.45) is 1.75. The van der Waals surface area contributed by atoms with E-state index in [-0.39, 0.29) is 11.5 Å². The molecular formula is C24H19NO5. The average molecular weight is 401 g/mol. The number of methoxy groups -OCH3 is 1. The van der Waals surface area contributed by atoms with E-state index in [9.17, 15) is 14.7 Å². The van der Waals surface area contributed by atoms with Crippen LogP contribution in [-0.2, 0) is 4.79 Å². The van der Waals surface area contributed by atoms with Crippen molar-refractivity contribution in [2.75, 3.05) is 12.4 Å². The molecule has 0 bridgehead atoms. The summed E-state index contributed by atoms with van der Waals surface area (Å²) in [6.45, 7) is 0. The Balaban J connectivity index is 1.79. The summed E-state index contributed by atoms with van der Waals surface area (Å²) < 4.78 is 11.4. The van der Waals surface area contributed by atoms with Crippen LogP contribution in [0.1, 0.15) is 27.6 Å². The fourth-order valence-electron chi connectivity index (χ4n) is 3.35. The van der Waals surface area contributed by atoms with E-state index in [4.69, 9.17) is 9.47 Å². The Morgan fingerprint density at radius 2 is 1.77 bits per heavy atom. The number of Topliss-reactive ketones (excluding diaryl/α,β-unsaturated/α-hetero) is 1. The summed E-state index contributed by atoms with van der Waals surface area (Å²) >= 11 is 0. The Bertz CT molecular complexity index is 1120. The summed E-state index contributed by atoms with van der Waals surface area (Å²) in [7, 11) is 1.59. The number of fused-ring (bicyclic) bond motifs is 1. The van der Waals surface area contributed by atoms with Crippen molar-refractivity contribution in [2.24, 2.45) is 0 Å². The van der Waals surface area contributed by atoms with Gasteiger partial charge in [0.2, 0.25) is 6.41 Å². The second-order valence-corrected chi connectivity index (χ2v) is 6.76. The van der Waals surface area contributed by atoms with E-state index >= 15 is 0 Å². The van der Waals surface area contributed by atoms with Crippen LogP contribution in [0.25, 0.3) is 6.08 Å². The van der Waals surface area contributed by atoms with Gasteiger partial charge in [0.25, 0.3) is 0 Å². The van der Waals surface area contributed by atoms with Crippen LogP contribution in [0.2, 0.25) is 0 Å². The molecule has 150 valence electrons. The van der Waals surface area contributed by atoms with Gasteiger partial charge in [-0.05, 0) is 59.7 Å². The van der Waals surface area contributed by atoms with E-state index in [1.807, 2.05) is 24.3 Å². The highest BCUT2D eigenvalue weighted by molar-refractivity contribution is 6.14. The Morgan fingerprint density at radius 3 is 2.43 bits per heavy atom. The van der Waals surface area contributed by atoms with Crippen LogP contribution in [-0.4, -0.2) is 24.4 Å². The maximum Gasteiger partial charge on any atom is 0.211 e. The lowest BCUT2D eigenvalue weighted by molar-refractivity contribution is -0.105. The van der Waals surface area contributed by atoms with Crippen molar-refractivity contribution in [1.29, 1.82) is 0 Å². The first kappa shape index (κ1) is 19.3. The highest BCUT2D eigenvalue weighted by Crippen LogP contribution is 2.40. The standard InChI is InChI=1S/C24H19NO5/c1-29-19-9-4-16(5-10-19)24-21(12-15-2-6-17(7-3-15)25-14-26)23(28)20-13-18(27)8-11-22(20)30-24/h2-14,24,27H,1H3,(H,25,26). The molecule has 0 spiro atoms. The number of hydrogen-bond acceptors (Lipinski definition) is 5. The van der Waals surface area contributed by atoms with Crippen LogP contribution in [0.4, 0.5) is 5.69 Å². The lowest BCUT2D eigenvalue weighted by Crippen LogP contribution is -2.23. The Hall–Kier alpha value is -4.06. The monoisotopic (exact) mass is 401 g/mol. The minimum Gasteiger partial charge on any atom is -0.508 e. The fourth-order valence-corrected chi connectivity index (χ4v) is 3.35.